The monoisotopic (exact) mass is 345 g/mol. The first-order valence-electron chi connectivity index (χ1n) is 8.42. The van der Waals surface area contributed by atoms with Gasteiger partial charge in [0.2, 0.25) is 0 Å². The number of benzene rings is 1. The van der Waals surface area contributed by atoms with Gasteiger partial charge in [0.05, 0.1) is 12.2 Å². The number of piperidine rings is 1. The van der Waals surface area contributed by atoms with Gasteiger partial charge in [-0.15, -0.1) is 11.3 Å². The number of carbonyl (C=O) groups is 1. The molecule has 0 unspecified atom stereocenters. The summed E-state index contributed by atoms with van der Waals surface area (Å²) in [6.45, 7) is 5.15. The minimum absolute atomic E-state index is 0.0644. The quantitative estimate of drug-likeness (QED) is 0.874. The standard InChI is InChI=1S/C18H23N3O2S/c1-2-23-16-8-4-3-7-15(16)17(22)20-12-14-6-5-10-21(13-14)18-19-9-11-24-18/h3-4,7-9,11,14H,2,5-6,10,12-13H2,1H3,(H,20,22)/t14-/m0/s1. The summed E-state index contributed by atoms with van der Waals surface area (Å²) in [5.41, 5.74) is 0.604. The molecule has 0 radical (unpaired) electrons. The van der Waals surface area contributed by atoms with Crippen LogP contribution in [-0.4, -0.2) is 37.1 Å². The third-order valence-electron chi connectivity index (χ3n) is 4.19. The summed E-state index contributed by atoms with van der Waals surface area (Å²) in [6, 6.07) is 7.39. The van der Waals surface area contributed by atoms with E-state index in [0.29, 0.717) is 30.4 Å². The molecule has 1 aromatic carbocycles. The van der Waals surface area contributed by atoms with E-state index in [4.69, 9.17) is 4.74 Å². The molecule has 2 heterocycles. The molecule has 0 spiro atoms. The zero-order valence-electron chi connectivity index (χ0n) is 13.9. The zero-order chi connectivity index (χ0) is 16.8. The SMILES string of the molecule is CCOc1ccccc1C(=O)NC[C@@H]1CCCN(c2nccs2)C1. The van der Waals surface area contributed by atoms with Crippen molar-refractivity contribution in [3.63, 3.8) is 0 Å². The van der Waals surface area contributed by atoms with Gasteiger partial charge in [0.25, 0.3) is 5.91 Å². The van der Waals surface area contributed by atoms with E-state index in [-0.39, 0.29) is 5.91 Å². The van der Waals surface area contributed by atoms with Gasteiger partial charge in [0.15, 0.2) is 5.13 Å². The third kappa shape index (κ3) is 4.06. The molecule has 1 aromatic heterocycles. The van der Waals surface area contributed by atoms with E-state index >= 15 is 0 Å². The highest BCUT2D eigenvalue weighted by atomic mass is 32.1. The lowest BCUT2D eigenvalue weighted by atomic mass is 9.98. The number of rotatable bonds is 6. The first kappa shape index (κ1) is 16.8. The lowest BCUT2D eigenvalue weighted by Gasteiger charge is -2.32. The minimum atomic E-state index is -0.0644. The van der Waals surface area contributed by atoms with E-state index in [1.807, 2.05) is 42.8 Å². The molecule has 128 valence electrons. The predicted octanol–water partition coefficient (Wildman–Crippen LogP) is 3.19. The van der Waals surface area contributed by atoms with Crippen molar-refractivity contribution in [2.45, 2.75) is 19.8 Å². The summed E-state index contributed by atoms with van der Waals surface area (Å²) in [4.78, 5) is 19.2. The molecule has 24 heavy (non-hydrogen) atoms. The number of hydrogen-bond acceptors (Lipinski definition) is 5. The van der Waals surface area contributed by atoms with Crippen LogP contribution in [0.5, 0.6) is 5.75 Å². The van der Waals surface area contributed by atoms with Crippen molar-refractivity contribution in [1.29, 1.82) is 0 Å². The Morgan fingerprint density at radius 2 is 2.33 bits per heavy atom. The number of ether oxygens (including phenoxy) is 1. The second-order valence-electron chi connectivity index (χ2n) is 5.91. The van der Waals surface area contributed by atoms with Crippen LogP contribution in [0.1, 0.15) is 30.1 Å². The second-order valence-corrected chi connectivity index (χ2v) is 6.78. The molecule has 1 saturated heterocycles. The van der Waals surface area contributed by atoms with Crippen molar-refractivity contribution in [3.8, 4) is 5.75 Å². The number of anilines is 1. The number of aromatic nitrogens is 1. The molecule has 5 nitrogen and oxygen atoms in total. The van der Waals surface area contributed by atoms with Crippen molar-refractivity contribution in [2.24, 2.45) is 5.92 Å². The molecule has 1 fully saturated rings. The minimum Gasteiger partial charge on any atom is -0.493 e. The molecule has 2 aromatic rings. The maximum atomic E-state index is 12.5. The number of nitrogens with zero attached hydrogens (tertiary/aromatic N) is 2. The average molecular weight is 345 g/mol. The van der Waals surface area contributed by atoms with Crippen molar-refractivity contribution in [2.75, 3.05) is 31.1 Å². The van der Waals surface area contributed by atoms with Crippen LogP contribution >= 0.6 is 11.3 Å². The second kappa shape index (κ2) is 8.15. The number of hydrogen-bond donors (Lipinski definition) is 1. The summed E-state index contributed by atoms with van der Waals surface area (Å²) in [5.74, 6) is 1.03. The summed E-state index contributed by atoms with van der Waals surface area (Å²) >= 11 is 1.67. The fraction of sp³-hybridized carbons (Fsp3) is 0.444. The Morgan fingerprint density at radius 3 is 3.12 bits per heavy atom. The highest BCUT2D eigenvalue weighted by Crippen LogP contribution is 2.24. The van der Waals surface area contributed by atoms with Crippen LogP contribution in [0.2, 0.25) is 0 Å². The molecule has 1 aliphatic heterocycles. The van der Waals surface area contributed by atoms with Crippen LogP contribution in [0.15, 0.2) is 35.8 Å². The van der Waals surface area contributed by atoms with Crippen molar-refractivity contribution >= 4 is 22.4 Å². The van der Waals surface area contributed by atoms with Crippen LogP contribution in [0.3, 0.4) is 0 Å². The smallest absolute Gasteiger partial charge is 0.255 e. The van der Waals surface area contributed by atoms with Crippen LogP contribution in [0.25, 0.3) is 0 Å². The molecular weight excluding hydrogens is 322 g/mol. The van der Waals surface area contributed by atoms with Gasteiger partial charge in [-0.2, -0.15) is 0 Å². The normalized spacial score (nSPS) is 17.5. The molecule has 0 bridgehead atoms. The summed E-state index contributed by atoms with van der Waals surface area (Å²) < 4.78 is 5.54. The predicted molar refractivity (Wildman–Crippen MR) is 97.0 cm³/mol. The fourth-order valence-electron chi connectivity index (χ4n) is 3.05. The van der Waals surface area contributed by atoms with Crippen LogP contribution in [-0.2, 0) is 0 Å². The molecule has 0 aliphatic carbocycles. The van der Waals surface area contributed by atoms with Gasteiger partial charge in [-0.25, -0.2) is 4.98 Å². The number of nitrogens with one attached hydrogen (secondary N) is 1. The number of amides is 1. The number of para-hydroxylation sites is 1. The Bertz CT molecular complexity index is 660. The summed E-state index contributed by atoms with van der Waals surface area (Å²) in [5, 5.41) is 6.15. The van der Waals surface area contributed by atoms with E-state index in [0.717, 1.165) is 31.1 Å². The van der Waals surface area contributed by atoms with E-state index in [9.17, 15) is 4.79 Å². The van der Waals surface area contributed by atoms with Gasteiger partial charge in [-0.1, -0.05) is 12.1 Å². The topological polar surface area (TPSA) is 54.5 Å². The van der Waals surface area contributed by atoms with E-state index in [1.54, 1.807) is 11.3 Å². The fourth-order valence-corrected chi connectivity index (χ4v) is 3.73. The average Bonchev–Trinajstić information content (AvgIpc) is 3.15. The third-order valence-corrected chi connectivity index (χ3v) is 5.02. The molecule has 0 saturated carbocycles. The lowest BCUT2D eigenvalue weighted by Crippen LogP contribution is -2.41. The largest absolute Gasteiger partial charge is 0.493 e. The molecule has 1 aliphatic rings. The number of carbonyl (C=O) groups excluding carboxylic acids is 1. The Kier molecular flexibility index (Phi) is 5.69. The molecule has 1 amide bonds. The van der Waals surface area contributed by atoms with Gasteiger partial charge >= 0.3 is 0 Å². The lowest BCUT2D eigenvalue weighted by molar-refractivity contribution is 0.0942. The Morgan fingerprint density at radius 1 is 1.46 bits per heavy atom. The Balaban J connectivity index is 1.56. The van der Waals surface area contributed by atoms with Gasteiger partial charge in [-0.05, 0) is 37.8 Å². The highest BCUT2D eigenvalue weighted by Gasteiger charge is 2.22. The van der Waals surface area contributed by atoms with Crippen LogP contribution in [0.4, 0.5) is 5.13 Å². The molecule has 3 rings (SSSR count). The Hall–Kier alpha value is -2.08. The summed E-state index contributed by atoms with van der Waals surface area (Å²) in [6.07, 6.45) is 4.11. The van der Waals surface area contributed by atoms with E-state index < -0.39 is 0 Å². The first-order chi connectivity index (χ1) is 11.8. The first-order valence-corrected chi connectivity index (χ1v) is 9.30. The Labute approximate surface area is 146 Å². The molecule has 6 heteroatoms. The molecule has 1 N–H and O–H groups in total. The molecular formula is C18H23N3O2S. The van der Waals surface area contributed by atoms with Gasteiger partial charge < -0.3 is 15.0 Å². The van der Waals surface area contributed by atoms with Crippen molar-refractivity contribution in [3.05, 3.63) is 41.4 Å². The maximum absolute atomic E-state index is 12.5. The van der Waals surface area contributed by atoms with E-state index in [1.165, 1.54) is 0 Å². The van der Waals surface area contributed by atoms with Crippen molar-refractivity contribution in [1.82, 2.24) is 10.3 Å². The van der Waals surface area contributed by atoms with Crippen molar-refractivity contribution < 1.29 is 9.53 Å². The zero-order valence-corrected chi connectivity index (χ0v) is 14.7. The highest BCUT2D eigenvalue weighted by molar-refractivity contribution is 7.13. The van der Waals surface area contributed by atoms with Crippen LogP contribution in [0, 0.1) is 5.92 Å². The number of thiazole rings is 1. The van der Waals surface area contributed by atoms with Gasteiger partial charge in [-0.3, -0.25) is 4.79 Å². The molecule has 1 atom stereocenters. The van der Waals surface area contributed by atoms with E-state index in [2.05, 4.69) is 15.2 Å². The van der Waals surface area contributed by atoms with Crippen LogP contribution < -0.4 is 15.0 Å². The van der Waals surface area contributed by atoms with Gasteiger partial charge in [0, 0.05) is 31.2 Å². The summed E-state index contributed by atoms with van der Waals surface area (Å²) in [7, 11) is 0. The maximum Gasteiger partial charge on any atom is 0.255 e. The van der Waals surface area contributed by atoms with Gasteiger partial charge in [0.1, 0.15) is 5.75 Å².